The van der Waals surface area contributed by atoms with E-state index in [1.54, 1.807) is 6.07 Å². The lowest BCUT2D eigenvalue weighted by atomic mass is 10.1. The molecule has 0 amide bonds. The first-order valence-electron chi connectivity index (χ1n) is 6.07. The Hall–Kier alpha value is -0.780. The van der Waals surface area contributed by atoms with Crippen LogP contribution in [-0.4, -0.2) is 4.21 Å². The fourth-order valence-electron chi connectivity index (χ4n) is 1.98. The quantitative estimate of drug-likeness (QED) is 0.745. The Morgan fingerprint density at radius 3 is 2.60 bits per heavy atom. The van der Waals surface area contributed by atoms with Crippen LogP contribution in [0.25, 0.3) is 0 Å². The Kier molecular flexibility index (Phi) is 5.29. The van der Waals surface area contributed by atoms with E-state index in [1.165, 1.54) is 23.5 Å². The lowest BCUT2D eigenvalue weighted by molar-refractivity contribution is 0.566. The molecule has 0 spiro atoms. The molecule has 2 atom stereocenters. The summed E-state index contributed by atoms with van der Waals surface area (Å²) in [7, 11) is -1.27. The summed E-state index contributed by atoms with van der Waals surface area (Å²) in [5.74, 6) is -0.946. The number of hydrogen-bond donors (Lipinski definition) is 0. The molecule has 0 unspecified atom stereocenters. The molecule has 108 valence electrons. The minimum Gasteiger partial charge on any atom is -0.259 e. The Morgan fingerprint density at radius 2 is 2.05 bits per heavy atom. The molecule has 0 aliphatic heterocycles. The predicted molar refractivity (Wildman–Crippen MR) is 80.6 cm³/mol. The molecule has 0 fully saturated rings. The van der Waals surface area contributed by atoms with Gasteiger partial charge in [-0.25, -0.2) is 8.78 Å². The van der Waals surface area contributed by atoms with E-state index in [0.717, 1.165) is 10.9 Å². The number of hydrogen-bond acceptors (Lipinski definition) is 2. The van der Waals surface area contributed by atoms with E-state index in [9.17, 15) is 13.0 Å². The van der Waals surface area contributed by atoms with Crippen molar-refractivity contribution in [2.45, 2.75) is 24.3 Å². The van der Waals surface area contributed by atoms with Crippen molar-refractivity contribution in [3.8, 4) is 0 Å². The molecule has 1 aromatic carbocycles. The highest BCUT2D eigenvalue weighted by Crippen LogP contribution is 2.30. The third-order valence-electron chi connectivity index (χ3n) is 2.91. The van der Waals surface area contributed by atoms with Gasteiger partial charge in [-0.15, -0.1) is 11.3 Å². The molecule has 0 saturated carbocycles. The van der Waals surface area contributed by atoms with Gasteiger partial charge < -0.3 is 0 Å². The summed E-state index contributed by atoms with van der Waals surface area (Å²) in [5.41, 5.74) is 0.301. The maximum atomic E-state index is 13.8. The van der Waals surface area contributed by atoms with E-state index in [4.69, 9.17) is 11.6 Å². The number of thiophene rings is 1. The topological polar surface area (TPSA) is 17.1 Å². The van der Waals surface area contributed by atoms with Crippen LogP contribution in [0, 0.1) is 11.6 Å². The van der Waals surface area contributed by atoms with E-state index < -0.39 is 27.7 Å². The van der Waals surface area contributed by atoms with Gasteiger partial charge in [0.25, 0.3) is 0 Å². The normalized spacial score (nSPS) is 14.2. The van der Waals surface area contributed by atoms with Gasteiger partial charge in [0.2, 0.25) is 0 Å². The fraction of sp³-hybridized carbons (Fsp3) is 0.286. The van der Waals surface area contributed by atoms with Crippen LogP contribution >= 0.6 is 22.9 Å². The first-order valence-corrected chi connectivity index (χ1v) is 8.65. The SMILES string of the molecule is CC[C@@H](c1ccc(F)cc1F)[S@@](=O)Cc1ccc(Cl)s1. The van der Waals surface area contributed by atoms with Crippen molar-refractivity contribution >= 4 is 33.7 Å². The molecule has 2 aromatic rings. The second kappa shape index (κ2) is 6.78. The molecule has 1 heterocycles. The third-order valence-corrected chi connectivity index (χ3v) is 6.14. The Bertz CT molecular complexity index is 627. The maximum Gasteiger partial charge on any atom is 0.130 e. The summed E-state index contributed by atoms with van der Waals surface area (Å²) in [6, 6.07) is 6.96. The van der Waals surface area contributed by atoms with Crippen molar-refractivity contribution in [1.29, 1.82) is 0 Å². The van der Waals surface area contributed by atoms with Gasteiger partial charge in [-0.1, -0.05) is 24.6 Å². The number of rotatable bonds is 5. The molecular weight excluding hydrogens is 322 g/mol. The van der Waals surface area contributed by atoms with Crippen molar-refractivity contribution in [2.75, 3.05) is 0 Å². The van der Waals surface area contributed by atoms with Crippen LogP contribution in [0.1, 0.15) is 29.0 Å². The molecule has 0 aliphatic carbocycles. The Morgan fingerprint density at radius 1 is 1.30 bits per heavy atom. The molecule has 2 rings (SSSR count). The number of halogens is 3. The summed E-state index contributed by atoms with van der Waals surface area (Å²) in [5, 5.41) is -0.448. The van der Waals surface area contributed by atoms with E-state index in [2.05, 4.69) is 0 Å². The van der Waals surface area contributed by atoms with Crippen molar-refractivity contribution in [3.63, 3.8) is 0 Å². The summed E-state index contributed by atoms with van der Waals surface area (Å²) < 4.78 is 39.8. The van der Waals surface area contributed by atoms with Crippen molar-refractivity contribution in [2.24, 2.45) is 0 Å². The average Bonchev–Trinajstić information content (AvgIpc) is 2.78. The van der Waals surface area contributed by atoms with Gasteiger partial charge in [-0.05, 0) is 24.6 Å². The zero-order valence-electron chi connectivity index (χ0n) is 10.7. The van der Waals surface area contributed by atoms with Gasteiger partial charge in [-0.2, -0.15) is 0 Å². The molecule has 0 radical (unpaired) electrons. The smallest absolute Gasteiger partial charge is 0.130 e. The highest BCUT2D eigenvalue weighted by Gasteiger charge is 2.21. The van der Waals surface area contributed by atoms with Crippen LogP contribution in [0.15, 0.2) is 30.3 Å². The predicted octanol–water partition coefficient (Wildman–Crippen LogP) is 5.08. The lowest BCUT2D eigenvalue weighted by Crippen LogP contribution is -2.09. The molecule has 1 nitrogen and oxygen atoms in total. The van der Waals surface area contributed by atoms with Gasteiger partial charge in [0, 0.05) is 27.3 Å². The highest BCUT2D eigenvalue weighted by molar-refractivity contribution is 7.84. The van der Waals surface area contributed by atoms with Crippen molar-refractivity contribution < 1.29 is 13.0 Å². The first-order chi connectivity index (χ1) is 9.51. The largest absolute Gasteiger partial charge is 0.259 e. The standard InChI is InChI=1S/C14H13ClF2OS2/c1-2-13(11-5-3-9(16)7-12(11)17)20(18)8-10-4-6-14(15)19-10/h3-7,13H,2,8H2,1H3/t13-,20-/m0/s1. The van der Waals surface area contributed by atoms with Crippen molar-refractivity contribution in [3.05, 3.63) is 56.7 Å². The molecular formula is C14H13ClF2OS2. The van der Waals surface area contributed by atoms with Crippen LogP contribution in [0.3, 0.4) is 0 Å². The van der Waals surface area contributed by atoms with E-state index in [-0.39, 0.29) is 0 Å². The summed E-state index contributed by atoms with van der Waals surface area (Å²) >= 11 is 7.20. The zero-order valence-corrected chi connectivity index (χ0v) is 13.1. The molecule has 0 N–H and O–H groups in total. The van der Waals surface area contributed by atoms with Gasteiger partial charge in [-0.3, -0.25) is 4.21 Å². The number of benzene rings is 1. The van der Waals surface area contributed by atoms with E-state index in [0.29, 0.717) is 22.1 Å². The van der Waals surface area contributed by atoms with Crippen LogP contribution < -0.4 is 0 Å². The molecule has 0 aliphatic rings. The third kappa shape index (κ3) is 3.65. The summed E-state index contributed by atoms with van der Waals surface area (Å²) in [4.78, 5) is 0.898. The summed E-state index contributed by atoms with van der Waals surface area (Å²) in [6.45, 7) is 1.84. The maximum absolute atomic E-state index is 13.8. The zero-order chi connectivity index (χ0) is 14.7. The minimum absolute atomic E-state index is 0.301. The minimum atomic E-state index is -1.27. The molecule has 0 bridgehead atoms. The van der Waals surface area contributed by atoms with Crippen LogP contribution in [0.4, 0.5) is 8.78 Å². The second-order valence-electron chi connectivity index (χ2n) is 4.29. The first kappa shape index (κ1) is 15.6. The van der Waals surface area contributed by atoms with Gasteiger partial charge in [0.05, 0.1) is 15.3 Å². The van der Waals surface area contributed by atoms with Crippen molar-refractivity contribution in [1.82, 2.24) is 0 Å². The Labute approximate surface area is 128 Å². The van der Waals surface area contributed by atoms with Crippen LogP contribution in [-0.2, 0) is 16.6 Å². The van der Waals surface area contributed by atoms with Crippen LogP contribution in [0.5, 0.6) is 0 Å². The fourth-order valence-corrected chi connectivity index (χ4v) is 4.87. The van der Waals surface area contributed by atoms with Gasteiger partial charge in [0.15, 0.2) is 0 Å². The molecule has 1 aromatic heterocycles. The highest BCUT2D eigenvalue weighted by atomic mass is 35.5. The van der Waals surface area contributed by atoms with E-state index in [1.807, 2.05) is 13.0 Å². The average molecular weight is 335 g/mol. The van der Waals surface area contributed by atoms with Crippen LogP contribution in [0.2, 0.25) is 4.34 Å². The summed E-state index contributed by atoms with van der Waals surface area (Å²) in [6.07, 6.45) is 0.522. The molecule has 20 heavy (non-hydrogen) atoms. The Balaban J connectivity index is 2.20. The van der Waals surface area contributed by atoms with Gasteiger partial charge in [0.1, 0.15) is 11.6 Å². The second-order valence-corrected chi connectivity index (χ2v) is 7.71. The molecule has 6 heteroatoms. The van der Waals surface area contributed by atoms with Gasteiger partial charge >= 0.3 is 0 Å². The van der Waals surface area contributed by atoms with E-state index >= 15 is 0 Å². The lowest BCUT2D eigenvalue weighted by Gasteiger charge is -2.15. The monoisotopic (exact) mass is 334 g/mol. The molecule has 0 saturated heterocycles.